The lowest BCUT2D eigenvalue weighted by Gasteiger charge is -2.34. The third-order valence-electron chi connectivity index (χ3n) is 3.13. The molecule has 18 heavy (non-hydrogen) atoms. The number of likely N-dealkylation sites (N-methyl/N-ethyl adjacent to an activating group) is 1. The van der Waals surface area contributed by atoms with Gasteiger partial charge in [0.1, 0.15) is 11.4 Å². The summed E-state index contributed by atoms with van der Waals surface area (Å²) in [4.78, 5) is 4.80. The molecule has 1 aromatic rings. The third-order valence-corrected chi connectivity index (χ3v) is 3.13. The summed E-state index contributed by atoms with van der Waals surface area (Å²) in [6.45, 7) is 10.7. The standard InChI is InChI=1S/C15H24N2O/c1-15(2,3)18-14-7-5-13(6-8-14)17-11-9-16(4)10-12-17/h5-8H,9-12H2,1-4H3. The van der Waals surface area contributed by atoms with Crippen LogP contribution in [0.15, 0.2) is 24.3 Å². The zero-order valence-electron chi connectivity index (χ0n) is 11.9. The normalized spacial score (nSPS) is 17.9. The van der Waals surface area contributed by atoms with Crippen molar-refractivity contribution in [3.8, 4) is 5.75 Å². The number of hydrogen-bond donors (Lipinski definition) is 0. The van der Waals surface area contributed by atoms with Crippen LogP contribution in [0, 0.1) is 0 Å². The minimum Gasteiger partial charge on any atom is -0.488 e. The van der Waals surface area contributed by atoms with E-state index in [2.05, 4.69) is 61.9 Å². The fourth-order valence-electron chi connectivity index (χ4n) is 2.14. The molecule has 0 radical (unpaired) electrons. The molecule has 2 rings (SSSR count). The van der Waals surface area contributed by atoms with Gasteiger partial charge in [-0.25, -0.2) is 0 Å². The summed E-state index contributed by atoms with van der Waals surface area (Å²) in [5.41, 5.74) is 1.17. The molecular formula is C15H24N2O. The molecule has 0 unspecified atom stereocenters. The lowest BCUT2D eigenvalue weighted by Crippen LogP contribution is -2.44. The summed E-state index contributed by atoms with van der Waals surface area (Å²) in [5.74, 6) is 0.945. The Balaban J connectivity index is 1.99. The van der Waals surface area contributed by atoms with E-state index in [1.165, 1.54) is 5.69 Å². The molecule has 0 bridgehead atoms. The quantitative estimate of drug-likeness (QED) is 0.800. The molecule has 0 aromatic heterocycles. The van der Waals surface area contributed by atoms with Gasteiger partial charge in [-0.05, 0) is 52.1 Å². The highest BCUT2D eigenvalue weighted by molar-refractivity contribution is 5.49. The van der Waals surface area contributed by atoms with Crippen LogP contribution in [0.2, 0.25) is 0 Å². The van der Waals surface area contributed by atoms with Crippen molar-refractivity contribution in [3.05, 3.63) is 24.3 Å². The lowest BCUT2D eigenvalue weighted by molar-refractivity contribution is 0.131. The van der Waals surface area contributed by atoms with Crippen molar-refractivity contribution in [1.82, 2.24) is 4.90 Å². The Hall–Kier alpha value is -1.22. The highest BCUT2D eigenvalue weighted by Gasteiger charge is 2.15. The maximum Gasteiger partial charge on any atom is 0.120 e. The molecule has 3 heteroatoms. The fraction of sp³-hybridized carbons (Fsp3) is 0.600. The van der Waals surface area contributed by atoms with Crippen molar-refractivity contribution >= 4 is 5.69 Å². The second-order valence-electron chi connectivity index (χ2n) is 6.00. The molecule has 1 fully saturated rings. The smallest absolute Gasteiger partial charge is 0.120 e. The van der Waals surface area contributed by atoms with Gasteiger partial charge >= 0.3 is 0 Å². The van der Waals surface area contributed by atoms with Crippen molar-refractivity contribution in [2.24, 2.45) is 0 Å². The van der Waals surface area contributed by atoms with Gasteiger partial charge in [0.2, 0.25) is 0 Å². The maximum atomic E-state index is 5.83. The summed E-state index contributed by atoms with van der Waals surface area (Å²) in [6, 6.07) is 8.45. The van der Waals surface area contributed by atoms with Crippen LogP contribution in [-0.4, -0.2) is 43.7 Å². The number of nitrogens with zero attached hydrogens (tertiary/aromatic N) is 2. The molecule has 100 valence electrons. The molecule has 0 amide bonds. The Labute approximate surface area is 110 Å². The summed E-state index contributed by atoms with van der Waals surface area (Å²) in [6.07, 6.45) is 0. The molecule has 1 heterocycles. The van der Waals surface area contributed by atoms with Crippen LogP contribution < -0.4 is 9.64 Å². The SMILES string of the molecule is CN1CCN(c2ccc(OC(C)(C)C)cc2)CC1. The first-order valence-electron chi connectivity index (χ1n) is 6.67. The van der Waals surface area contributed by atoms with E-state index in [0.29, 0.717) is 0 Å². The molecule has 1 saturated heterocycles. The average molecular weight is 248 g/mol. The second kappa shape index (κ2) is 5.19. The minimum absolute atomic E-state index is 0.130. The van der Waals surface area contributed by atoms with E-state index in [1.807, 2.05) is 0 Å². The van der Waals surface area contributed by atoms with Crippen LogP contribution in [0.1, 0.15) is 20.8 Å². The van der Waals surface area contributed by atoms with Gasteiger partial charge in [0.05, 0.1) is 0 Å². The van der Waals surface area contributed by atoms with Crippen LogP contribution in [0.3, 0.4) is 0 Å². The molecule has 0 saturated carbocycles. The predicted molar refractivity (Wildman–Crippen MR) is 76.5 cm³/mol. The summed E-state index contributed by atoms with van der Waals surface area (Å²) < 4.78 is 5.83. The van der Waals surface area contributed by atoms with E-state index in [9.17, 15) is 0 Å². The van der Waals surface area contributed by atoms with E-state index < -0.39 is 0 Å². The van der Waals surface area contributed by atoms with Crippen LogP contribution in [0.5, 0.6) is 5.75 Å². The number of ether oxygens (including phenoxy) is 1. The first kappa shape index (κ1) is 13.2. The van der Waals surface area contributed by atoms with Gasteiger partial charge in [0.25, 0.3) is 0 Å². The van der Waals surface area contributed by atoms with Gasteiger partial charge in [-0.3, -0.25) is 0 Å². The number of rotatable bonds is 2. The molecule has 0 N–H and O–H groups in total. The zero-order valence-corrected chi connectivity index (χ0v) is 11.9. The van der Waals surface area contributed by atoms with E-state index in [1.54, 1.807) is 0 Å². The largest absolute Gasteiger partial charge is 0.488 e. The summed E-state index contributed by atoms with van der Waals surface area (Å²) in [5, 5.41) is 0. The van der Waals surface area contributed by atoms with Crippen molar-refractivity contribution in [1.29, 1.82) is 0 Å². The van der Waals surface area contributed by atoms with E-state index in [-0.39, 0.29) is 5.60 Å². The molecular weight excluding hydrogens is 224 g/mol. The van der Waals surface area contributed by atoms with Gasteiger partial charge in [0.15, 0.2) is 0 Å². The predicted octanol–water partition coefficient (Wildman–Crippen LogP) is 2.62. The summed E-state index contributed by atoms with van der Waals surface area (Å²) in [7, 11) is 2.18. The molecule has 1 aromatic carbocycles. The van der Waals surface area contributed by atoms with Crippen LogP contribution >= 0.6 is 0 Å². The van der Waals surface area contributed by atoms with Gasteiger partial charge < -0.3 is 14.5 Å². The molecule has 1 aliphatic rings. The topological polar surface area (TPSA) is 15.7 Å². The molecule has 0 atom stereocenters. The van der Waals surface area contributed by atoms with Gasteiger partial charge in [-0.15, -0.1) is 0 Å². The van der Waals surface area contributed by atoms with Crippen LogP contribution in [0.25, 0.3) is 0 Å². The Bertz CT molecular complexity index is 372. The van der Waals surface area contributed by atoms with Gasteiger partial charge in [0, 0.05) is 31.9 Å². The van der Waals surface area contributed by atoms with Crippen molar-refractivity contribution < 1.29 is 4.74 Å². The Kier molecular flexibility index (Phi) is 3.81. The van der Waals surface area contributed by atoms with Gasteiger partial charge in [-0.2, -0.15) is 0 Å². The maximum absolute atomic E-state index is 5.83. The lowest BCUT2D eigenvalue weighted by atomic mass is 10.2. The number of hydrogen-bond acceptors (Lipinski definition) is 3. The number of piperazine rings is 1. The molecule has 0 aliphatic carbocycles. The first-order chi connectivity index (χ1) is 8.44. The Morgan fingerprint density at radius 2 is 1.50 bits per heavy atom. The van der Waals surface area contributed by atoms with E-state index >= 15 is 0 Å². The van der Waals surface area contributed by atoms with Crippen molar-refractivity contribution in [3.63, 3.8) is 0 Å². The third kappa shape index (κ3) is 3.64. The fourth-order valence-corrected chi connectivity index (χ4v) is 2.14. The van der Waals surface area contributed by atoms with E-state index in [4.69, 9.17) is 4.74 Å². The highest BCUT2D eigenvalue weighted by atomic mass is 16.5. The van der Waals surface area contributed by atoms with Crippen molar-refractivity contribution in [2.75, 3.05) is 38.1 Å². The monoisotopic (exact) mass is 248 g/mol. The highest BCUT2D eigenvalue weighted by Crippen LogP contribution is 2.23. The zero-order chi connectivity index (χ0) is 13.2. The second-order valence-corrected chi connectivity index (χ2v) is 6.00. The molecule has 1 aliphatic heterocycles. The number of anilines is 1. The molecule has 0 spiro atoms. The first-order valence-corrected chi connectivity index (χ1v) is 6.67. The van der Waals surface area contributed by atoms with E-state index in [0.717, 1.165) is 31.9 Å². The van der Waals surface area contributed by atoms with Crippen LogP contribution in [0.4, 0.5) is 5.69 Å². The van der Waals surface area contributed by atoms with Crippen molar-refractivity contribution in [2.45, 2.75) is 26.4 Å². The van der Waals surface area contributed by atoms with Crippen LogP contribution in [-0.2, 0) is 0 Å². The number of benzene rings is 1. The molecule has 3 nitrogen and oxygen atoms in total. The minimum atomic E-state index is -0.130. The average Bonchev–Trinajstić information content (AvgIpc) is 2.29. The Morgan fingerprint density at radius 1 is 0.944 bits per heavy atom. The van der Waals surface area contributed by atoms with Gasteiger partial charge in [-0.1, -0.05) is 0 Å². The summed E-state index contributed by atoms with van der Waals surface area (Å²) >= 11 is 0. The Morgan fingerprint density at radius 3 is 2.00 bits per heavy atom.